The third-order valence-corrected chi connectivity index (χ3v) is 6.74. The number of carbonyl (C=O) groups excluding carboxylic acids is 5. The molecule has 2 rings (SSSR count). The first-order chi connectivity index (χ1) is 20.3. The standard InChI is InChI=1S/C28H42N8O7/c1-16(2)12-21-26(42)34-18(10-7-11-31-28(29)30)24(40)32-15-22(37)33-19(14-23(38)39)25(41)35-20(27(43)36(21)3)13-17-8-5-4-6-9-17/h4-6,8-9,16,18-21H,7,10-15H2,1-3H3,(H,32,40)(H,33,37)(H,34,42)(H,35,41)(H,38,39)(H4,29,30,31)/t18-,19-,20+,21+/m0/s1. The highest BCUT2D eigenvalue weighted by molar-refractivity contribution is 5.98. The number of nitrogens with two attached hydrogens (primary N) is 2. The van der Waals surface area contributed by atoms with E-state index < -0.39 is 72.6 Å². The number of nitrogens with one attached hydrogen (secondary N) is 4. The van der Waals surface area contributed by atoms with Crippen molar-refractivity contribution >= 4 is 41.5 Å². The first kappa shape index (κ1) is 34.5. The van der Waals surface area contributed by atoms with Gasteiger partial charge in [0.05, 0.1) is 13.0 Å². The second kappa shape index (κ2) is 16.7. The van der Waals surface area contributed by atoms with Crippen molar-refractivity contribution < 1.29 is 33.9 Å². The Morgan fingerprint density at radius 1 is 0.977 bits per heavy atom. The Morgan fingerprint density at radius 2 is 1.63 bits per heavy atom. The minimum Gasteiger partial charge on any atom is -0.481 e. The molecule has 0 unspecified atom stereocenters. The summed E-state index contributed by atoms with van der Waals surface area (Å²) in [5.74, 6) is -5.17. The number of hydrogen-bond donors (Lipinski definition) is 7. The average molecular weight is 603 g/mol. The Morgan fingerprint density at radius 3 is 2.23 bits per heavy atom. The first-order valence-corrected chi connectivity index (χ1v) is 14.0. The van der Waals surface area contributed by atoms with Crippen molar-refractivity contribution in [1.29, 1.82) is 0 Å². The van der Waals surface area contributed by atoms with Crippen LogP contribution < -0.4 is 32.7 Å². The Hall–Kier alpha value is -4.69. The van der Waals surface area contributed by atoms with Crippen LogP contribution in [0, 0.1) is 5.92 Å². The van der Waals surface area contributed by atoms with Crippen LogP contribution in [-0.2, 0) is 35.2 Å². The predicted molar refractivity (Wildman–Crippen MR) is 157 cm³/mol. The molecule has 0 radical (unpaired) electrons. The van der Waals surface area contributed by atoms with Gasteiger partial charge in [-0.25, -0.2) is 0 Å². The van der Waals surface area contributed by atoms with Gasteiger partial charge in [0.15, 0.2) is 5.96 Å². The summed E-state index contributed by atoms with van der Waals surface area (Å²) in [6.45, 7) is 3.33. The van der Waals surface area contributed by atoms with Gasteiger partial charge in [0.1, 0.15) is 24.2 Å². The van der Waals surface area contributed by atoms with Crippen LogP contribution in [0.4, 0.5) is 0 Å². The maximum Gasteiger partial charge on any atom is 0.305 e. The lowest BCUT2D eigenvalue weighted by Gasteiger charge is -2.33. The molecule has 0 saturated carbocycles. The summed E-state index contributed by atoms with van der Waals surface area (Å²) in [4.78, 5) is 83.2. The molecule has 4 atom stereocenters. The van der Waals surface area contributed by atoms with Crippen molar-refractivity contribution in [2.75, 3.05) is 20.1 Å². The molecule has 1 fully saturated rings. The fourth-order valence-electron chi connectivity index (χ4n) is 4.57. The first-order valence-electron chi connectivity index (χ1n) is 14.0. The van der Waals surface area contributed by atoms with E-state index in [1.165, 1.54) is 11.9 Å². The van der Waals surface area contributed by atoms with Crippen LogP contribution in [0.3, 0.4) is 0 Å². The van der Waals surface area contributed by atoms with Gasteiger partial charge in [-0.2, -0.15) is 0 Å². The summed E-state index contributed by atoms with van der Waals surface area (Å²) < 4.78 is 0. The van der Waals surface area contributed by atoms with Crippen molar-refractivity contribution in [3.8, 4) is 0 Å². The zero-order chi connectivity index (χ0) is 32.1. The Bertz CT molecular complexity index is 1190. The molecule has 5 amide bonds. The number of guanidine groups is 1. The second-order valence-corrected chi connectivity index (χ2v) is 10.8. The van der Waals surface area contributed by atoms with E-state index in [0.29, 0.717) is 12.0 Å². The van der Waals surface area contributed by atoms with E-state index in [0.717, 1.165) is 0 Å². The zero-order valence-electron chi connectivity index (χ0n) is 24.7. The molecular formula is C28H42N8O7. The molecule has 0 aliphatic carbocycles. The largest absolute Gasteiger partial charge is 0.481 e. The molecule has 0 bridgehead atoms. The van der Waals surface area contributed by atoms with Crippen LogP contribution in [0.25, 0.3) is 0 Å². The summed E-state index contributed by atoms with van der Waals surface area (Å²) >= 11 is 0. The number of likely N-dealkylation sites (N-methyl/N-ethyl adjacent to an activating group) is 1. The number of nitrogens with zero attached hydrogens (tertiary/aromatic N) is 2. The fourth-order valence-corrected chi connectivity index (χ4v) is 4.57. The molecule has 236 valence electrons. The Labute approximate surface area is 250 Å². The predicted octanol–water partition coefficient (Wildman–Crippen LogP) is -1.79. The van der Waals surface area contributed by atoms with Crippen LogP contribution in [0.15, 0.2) is 35.3 Å². The van der Waals surface area contributed by atoms with E-state index in [4.69, 9.17) is 11.5 Å². The molecule has 1 aromatic carbocycles. The quantitative estimate of drug-likeness (QED) is 0.0908. The smallest absolute Gasteiger partial charge is 0.305 e. The molecule has 15 heteroatoms. The molecule has 1 aliphatic heterocycles. The number of carboxylic acid groups (broad SMARTS) is 1. The van der Waals surface area contributed by atoms with E-state index in [1.54, 1.807) is 30.3 Å². The van der Waals surface area contributed by atoms with Gasteiger partial charge in [0.25, 0.3) is 0 Å². The maximum absolute atomic E-state index is 13.9. The molecule has 1 aromatic rings. The minimum absolute atomic E-state index is 0.0347. The summed E-state index contributed by atoms with van der Waals surface area (Å²) in [5.41, 5.74) is 11.4. The van der Waals surface area contributed by atoms with Crippen molar-refractivity contribution in [2.24, 2.45) is 22.4 Å². The topological polar surface area (TPSA) is 238 Å². The van der Waals surface area contributed by atoms with Crippen LogP contribution >= 0.6 is 0 Å². The highest BCUT2D eigenvalue weighted by atomic mass is 16.4. The monoisotopic (exact) mass is 602 g/mol. The number of aliphatic imine (C=N–C) groups is 1. The SMILES string of the molecule is CC(C)C[C@@H]1C(=O)N[C@@H](CCCN=C(N)N)C(=O)NCC(=O)N[C@@H](CC(=O)O)C(=O)N[C@H](Cc2ccccc2)C(=O)N1C. The number of benzene rings is 1. The van der Waals surface area contributed by atoms with E-state index >= 15 is 0 Å². The lowest BCUT2D eigenvalue weighted by Crippen LogP contribution is -2.58. The van der Waals surface area contributed by atoms with Crippen LogP contribution in [0.5, 0.6) is 0 Å². The third kappa shape index (κ3) is 11.6. The molecular weight excluding hydrogens is 560 g/mol. The highest BCUT2D eigenvalue weighted by Crippen LogP contribution is 2.15. The molecule has 15 nitrogen and oxygen atoms in total. The highest BCUT2D eigenvalue weighted by Gasteiger charge is 2.36. The number of carbonyl (C=O) groups is 6. The Balaban J connectivity index is 2.51. The lowest BCUT2D eigenvalue weighted by molar-refractivity contribution is -0.144. The van der Waals surface area contributed by atoms with Gasteiger partial charge in [0, 0.05) is 20.0 Å². The van der Waals surface area contributed by atoms with Crippen LogP contribution in [-0.4, -0.2) is 95.8 Å². The molecule has 0 aromatic heterocycles. The summed E-state index contributed by atoms with van der Waals surface area (Å²) in [7, 11) is 1.43. The van der Waals surface area contributed by atoms with Gasteiger partial charge in [-0.05, 0) is 30.7 Å². The fraction of sp³-hybridized carbons (Fsp3) is 0.536. The zero-order valence-corrected chi connectivity index (χ0v) is 24.7. The minimum atomic E-state index is -1.54. The van der Waals surface area contributed by atoms with Gasteiger partial charge in [-0.3, -0.25) is 33.8 Å². The van der Waals surface area contributed by atoms with Gasteiger partial charge in [-0.15, -0.1) is 0 Å². The van der Waals surface area contributed by atoms with Gasteiger partial charge in [0.2, 0.25) is 29.5 Å². The lowest BCUT2D eigenvalue weighted by atomic mass is 9.98. The van der Waals surface area contributed by atoms with Crippen molar-refractivity contribution in [2.45, 2.75) is 70.1 Å². The van der Waals surface area contributed by atoms with E-state index in [9.17, 15) is 33.9 Å². The van der Waals surface area contributed by atoms with Crippen LogP contribution in [0.2, 0.25) is 0 Å². The summed E-state index contributed by atoms with van der Waals surface area (Å²) in [5, 5.41) is 19.4. The molecule has 43 heavy (non-hydrogen) atoms. The van der Waals surface area contributed by atoms with Crippen molar-refractivity contribution in [1.82, 2.24) is 26.2 Å². The van der Waals surface area contributed by atoms with Gasteiger partial charge >= 0.3 is 5.97 Å². The summed E-state index contributed by atoms with van der Waals surface area (Å²) in [6.07, 6.45) is -0.0707. The van der Waals surface area contributed by atoms with Crippen molar-refractivity contribution in [3.05, 3.63) is 35.9 Å². The van der Waals surface area contributed by atoms with E-state index in [2.05, 4.69) is 26.3 Å². The number of amides is 5. The molecule has 0 spiro atoms. The van der Waals surface area contributed by atoms with E-state index in [1.807, 2.05) is 13.8 Å². The van der Waals surface area contributed by atoms with E-state index in [-0.39, 0.29) is 37.7 Å². The average Bonchev–Trinajstić information content (AvgIpc) is 2.94. The number of hydrogen-bond acceptors (Lipinski definition) is 7. The second-order valence-electron chi connectivity index (χ2n) is 10.8. The third-order valence-electron chi connectivity index (χ3n) is 6.74. The van der Waals surface area contributed by atoms with Crippen LogP contribution in [0.1, 0.15) is 45.1 Å². The molecule has 9 N–H and O–H groups in total. The molecule has 1 aliphatic rings. The normalized spacial score (nSPS) is 22.4. The van der Waals surface area contributed by atoms with Gasteiger partial charge in [-0.1, -0.05) is 44.2 Å². The van der Waals surface area contributed by atoms with Crippen molar-refractivity contribution in [3.63, 3.8) is 0 Å². The molecule has 1 heterocycles. The number of carboxylic acids is 1. The number of rotatable bonds is 10. The van der Waals surface area contributed by atoms with Gasteiger partial charge < -0.3 is 42.7 Å². The summed E-state index contributed by atoms with van der Waals surface area (Å²) in [6, 6.07) is 3.97. The maximum atomic E-state index is 13.9. The molecule has 1 saturated heterocycles. The number of aliphatic carboxylic acids is 1. The Kier molecular flexibility index (Phi) is 13.4.